The lowest BCUT2D eigenvalue weighted by Crippen LogP contribution is -2.43. The van der Waals surface area contributed by atoms with Crippen LogP contribution in [0.15, 0.2) is 18.2 Å². The topological polar surface area (TPSA) is 72.2 Å². The van der Waals surface area contributed by atoms with Crippen LogP contribution >= 0.6 is 23.2 Å². The number of rotatable bonds is 4. The molecule has 0 amide bonds. The van der Waals surface area contributed by atoms with Gasteiger partial charge < -0.3 is 0 Å². The molecule has 0 radical (unpaired) electrons. The largest absolute Gasteiger partial charge is 0.271 e. The van der Waals surface area contributed by atoms with Gasteiger partial charge in [0.1, 0.15) is 0 Å². The van der Waals surface area contributed by atoms with Gasteiger partial charge in [-0.1, -0.05) is 29.3 Å². The summed E-state index contributed by atoms with van der Waals surface area (Å²) in [5.41, 5.74) is 3.51. The normalized spacial score (nSPS) is 23.4. The summed E-state index contributed by atoms with van der Waals surface area (Å²) in [6.45, 7) is 0. The molecule has 1 aliphatic heterocycles. The van der Waals surface area contributed by atoms with Crippen LogP contribution in [0, 0.1) is 5.92 Å². The van der Waals surface area contributed by atoms with Crippen molar-refractivity contribution in [3.8, 4) is 0 Å². The Bertz CT molecular complexity index is 543. The Morgan fingerprint density at radius 2 is 2.00 bits per heavy atom. The monoisotopic (exact) mass is 322 g/mol. The van der Waals surface area contributed by atoms with Gasteiger partial charge in [0.15, 0.2) is 9.84 Å². The molecule has 1 heterocycles. The Hall–Kier alpha value is -0.330. The van der Waals surface area contributed by atoms with Crippen LogP contribution in [0.3, 0.4) is 0 Å². The molecule has 3 N–H and O–H groups in total. The van der Waals surface area contributed by atoms with Crippen LogP contribution in [0.5, 0.6) is 0 Å². The number of sulfone groups is 1. The van der Waals surface area contributed by atoms with Crippen molar-refractivity contribution < 1.29 is 8.42 Å². The fourth-order valence-electron chi connectivity index (χ4n) is 2.45. The fourth-order valence-corrected chi connectivity index (χ4v) is 4.88. The van der Waals surface area contributed by atoms with Crippen molar-refractivity contribution in [2.45, 2.75) is 18.9 Å². The smallest absolute Gasteiger partial charge is 0.150 e. The number of nitrogens with one attached hydrogen (secondary N) is 1. The highest BCUT2D eigenvalue weighted by Gasteiger charge is 2.33. The number of benzene rings is 1. The Kier molecular flexibility index (Phi) is 4.74. The first-order chi connectivity index (χ1) is 8.93. The second kappa shape index (κ2) is 5.97. The lowest BCUT2D eigenvalue weighted by atomic mass is 9.93. The summed E-state index contributed by atoms with van der Waals surface area (Å²) < 4.78 is 23.1. The van der Waals surface area contributed by atoms with Crippen LogP contribution in [0.4, 0.5) is 0 Å². The van der Waals surface area contributed by atoms with E-state index in [4.69, 9.17) is 29.0 Å². The molecular formula is C12H16Cl2N2O2S. The van der Waals surface area contributed by atoms with E-state index in [1.54, 1.807) is 18.2 Å². The maximum absolute atomic E-state index is 11.5. The second-order valence-corrected chi connectivity index (χ2v) is 7.88. The van der Waals surface area contributed by atoms with Gasteiger partial charge in [-0.3, -0.25) is 11.3 Å². The summed E-state index contributed by atoms with van der Waals surface area (Å²) in [4.78, 5) is 0. The molecule has 1 saturated heterocycles. The molecule has 2 atom stereocenters. The van der Waals surface area contributed by atoms with E-state index in [2.05, 4.69) is 5.43 Å². The van der Waals surface area contributed by atoms with Crippen LogP contribution in [0.2, 0.25) is 10.0 Å². The second-order valence-electron chi connectivity index (χ2n) is 4.84. The zero-order valence-corrected chi connectivity index (χ0v) is 12.6. The SMILES string of the molecule is NNC(Cc1c(Cl)cccc1Cl)C1CCS(=O)(=O)C1. The van der Waals surface area contributed by atoms with Gasteiger partial charge in [-0.2, -0.15) is 0 Å². The molecule has 106 valence electrons. The van der Waals surface area contributed by atoms with Crippen molar-refractivity contribution in [3.05, 3.63) is 33.8 Å². The van der Waals surface area contributed by atoms with Gasteiger partial charge in [0, 0.05) is 16.1 Å². The minimum Gasteiger partial charge on any atom is -0.271 e. The highest BCUT2D eigenvalue weighted by molar-refractivity contribution is 7.91. The van der Waals surface area contributed by atoms with E-state index >= 15 is 0 Å². The third-order valence-electron chi connectivity index (χ3n) is 3.54. The van der Waals surface area contributed by atoms with Crippen molar-refractivity contribution in [3.63, 3.8) is 0 Å². The van der Waals surface area contributed by atoms with Crippen molar-refractivity contribution in [2.24, 2.45) is 11.8 Å². The third kappa shape index (κ3) is 3.61. The van der Waals surface area contributed by atoms with E-state index in [-0.39, 0.29) is 23.5 Å². The number of hydrogen-bond acceptors (Lipinski definition) is 4. The summed E-state index contributed by atoms with van der Waals surface area (Å²) in [5, 5.41) is 1.15. The van der Waals surface area contributed by atoms with Crippen molar-refractivity contribution >= 4 is 33.0 Å². The highest BCUT2D eigenvalue weighted by Crippen LogP contribution is 2.29. The van der Waals surface area contributed by atoms with E-state index in [9.17, 15) is 8.42 Å². The predicted octanol–water partition coefficient (Wildman–Crippen LogP) is 1.80. The number of halogens is 2. The van der Waals surface area contributed by atoms with Crippen molar-refractivity contribution in [2.75, 3.05) is 11.5 Å². The molecule has 1 fully saturated rings. The van der Waals surface area contributed by atoms with E-state index < -0.39 is 9.84 Å². The molecule has 2 unspecified atom stereocenters. The van der Waals surface area contributed by atoms with Crippen LogP contribution in [0.25, 0.3) is 0 Å². The lowest BCUT2D eigenvalue weighted by molar-refractivity contribution is 0.385. The average molecular weight is 323 g/mol. The van der Waals surface area contributed by atoms with E-state index in [1.807, 2.05) is 0 Å². The molecule has 0 aliphatic carbocycles. The van der Waals surface area contributed by atoms with E-state index in [0.717, 1.165) is 5.56 Å². The first kappa shape index (κ1) is 15.1. The van der Waals surface area contributed by atoms with Gasteiger partial charge in [0.05, 0.1) is 11.5 Å². The van der Waals surface area contributed by atoms with Crippen LogP contribution in [-0.4, -0.2) is 26.0 Å². The Labute approximate surface area is 123 Å². The number of hydrazine groups is 1. The number of nitrogens with two attached hydrogens (primary N) is 1. The van der Waals surface area contributed by atoms with Crippen LogP contribution < -0.4 is 11.3 Å². The van der Waals surface area contributed by atoms with Gasteiger partial charge >= 0.3 is 0 Å². The number of hydrogen-bond donors (Lipinski definition) is 2. The van der Waals surface area contributed by atoms with Gasteiger partial charge in [-0.05, 0) is 36.5 Å². The summed E-state index contributed by atoms with van der Waals surface area (Å²) in [5.74, 6) is 5.96. The summed E-state index contributed by atoms with van der Waals surface area (Å²) in [6, 6.07) is 5.16. The van der Waals surface area contributed by atoms with Crippen LogP contribution in [-0.2, 0) is 16.3 Å². The Balaban J connectivity index is 2.16. The van der Waals surface area contributed by atoms with Crippen molar-refractivity contribution in [1.82, 2.24) is 5.43 Å². The van der Waals surface area contributed by atoms with Gasteiger partial charge in [0.2, 0.25) is 0 Å². The molecule has 0 aromatic heterocycles. The lowest BCUT2D eigenvalue weighted by Gasteiger charge is -2.22. The van der Waals surface area contributed by atoms with Gasteiger partial charge in [-0.15, -0.1) is 0 Å². The highest BCUT2D eigenvalue weighted by atomic mass is 35.5. The van der Waals surface area contributed by atoms with Gasteiger partial charge in [0.25, 0.3) is 0 Å². The molecule has 0 saturated carbocycles. The van der Waals surface area contributed by atoms with E-state index in [0.29, 0.717) is 22.9 Å². The Morgan fingerprint density at radius 3 is 2.47 bits per heavy atom. The predicted molar refractivity (Wildman–Crippen MR) is 78.0 cm³/mol. The van der Waals surface area contributed by atoms with Crippen molar-refractivity contribution in [1.29, 1.82) is 0 Å². The molecule has 1 aliphatic rings. The first-order valence-electron chi connectivity index (χ1n) is 6.02. The minimum absolute atomic E-state index is 0.00217. The maximum atomic E-state index is 11.5. The summed E-state index contributed by atoms with van der Waals surface area (Å²) in [7, 11) is -2.92. The first-order valence-corrected chi connectivity index (χ1v) is 8.60. The molecule has 0 spiro atoms. The van der Waals surface area contributed by atoms with Gasteiger partial charge in [-0.25, -0.2) is 8.42 Å². The quantitative estimate of drug-likeness (QED) is 0.655. The van der Waals surface area contributed by atoms with E-state index in [1.165, 1.54) is 0 Å². The average Bonchev–Trinajstić information content (AvgIpc) is 2.69. The zero-order valence-electron chi connectivity index (χ0n) is 10.3. The molecule has 1 aromatic rings. The molecule has 19 heavy (non-hydrogen) atoms. The molecule has 4 nitrogen and oxygen atoms in total. The molecular weight excluding hydrogens is 307 g/mol. The maximum Gasteiger partial charge on any atom is 0.150 e. The molecule has 0 bridgehead atoms. The standard InChI is InChI=1S/C12H16Cl2N2O2S/c13-10-2-1-3-11(14)9(10)6-12(16-15)8-4-5-19(17,18)7-8/h1-3,8,12,16H,4-7,15H2. The Morgan fingerprint density at radius 1 is 1.37 bits per heavy atom. The molecule has 1 aromatic carbocycles. The summed E-state index contributed by atoms with van der Waals surface area (Å²) in [6.07, 6.45) is 1.15. The molecule has 2 rings (SSSR count). The minimum atomic E-state index is -2.92. The fraction of sp³-hybridized carbons (Fsp3) is 0.500. The zero-order chi connectivity index (χ0) is 14.0. The molecule has 7 heteroatoms. The summed E-state index contributed by atoms with van der Waals surface area (Å²) >= 11 is 12.2. The van der Waals surface area contributed by atoms with Crippen LogP contribution in [0.1, 0.15) is 12.0 Å². The third-order valence-corrected chi connectivity index (χ3v) is 6.04.